The van der Waals surface area contributed by atoms with Crippen LogP contribution < -0.4 is 21.9 Å². The highest BCUT2D eigenvalue weighted by molar-refractivity contribution is 5.95. The first-order valence-corrected chi connectivity index (χ1v) is 10.3. The highest BCUT2D eigenvalue weighted by atomic mass is 16.2. The Morgan fingerprint density at radius 3 is 2.38 bits per heavy atom. The van der Waals surface area contributed by atoms with Crippen molar-refractivity contribution in [3.05, 3.63) is 92.8 Å². The molecule has 0 aliphatic carbocycles. The number of amides is 2. The van der Waals surface area contributed by atoms with Crippen LogP contribution >= 0.6 is 0 Å². The summed E-state index contributed by atoms with van der Waals surface area (Å²) < 4.78 is 2.29. The van der Waals surface area contributed by atoms with Crippen LogP contribution in [0.2, 0.25) is 0 Å². The van der Waals surface area contributed by atoms with E-state index >= 15 is 0 Å². The third-order valence-electron chi connectivity index (χ3n) is 4.94. The molecule has 2 amide bonds. The summed E-state index contributed by atoms with van der Waals surface area (Å²) in [6.07, 6.45) is 1.43. The van der Waals surface area contributed by atoms with Crippen molar-refractivity contribution in [3.63, 3.8) is 0 Å². The summed E-state index contributed by atoms with van der Waals surface area (Å²) >= 11 is 0. The highest BCUT2D eigenvalue weighted by Gasteiger charge is 2.13. The minimum absolute atomic E-state index is 0.138. The Balaban J connectivity index is 1.78. The second-order valence-corrected chi connectivity index (χ2v) is 7.86. The van der Waals surface area contributed by atoms with Crippen LogP contribution in [0.15, 0.2) is 70.4 Å². The Bertz CT molecular complexity index is 1240. The average molecular weight is 434 g/mol. The number of nitrogens with one attached hydrogen (secondary N) is 2. The Morgan fingerprint density at radius 2 is 1.69 bits per heavy atom. The van der Waals surface area contributed by atoms with E-state index in [-0.39, 0.29) is 18.4 Å². The summed E-state index contributed by atoms with van der Waals surface area (Å²) in [6, 6.07) is 15.8. The van der Waals surface area contributed by atoms with Crippen molar-refractivity contribution in [1.29, 1.82) is 0 Å². The first kappa shape index (κ1) is 22.7. The van der Waals surface area contributed by atoms with Gasteiger partial charge in [-0.1, -0.05) is 50.2 Å². The van der Waals surface area contributed by atoms with Crippen molar-refractivity contribution in [2.75, 3.05) is 10.6 Å². The fourth-order valence-electron chi connectivity index (χ4n) is 3.06. The maximum atomic E-state index is 12.8. The summed E-state index contributed by atoms with van der Waals surface area (Å²) in [4.78, 5) is 49.6. The van der Waals surface area contributed by atoms with Gasteiger partial charge in [-0.3, -0.25) is 23.5 Å². The van der Waals surface area contributed by atoms with Crippen molar-refractivity contribution in [2.24, 2.45) is 5.92 Å². The smallest absolute Gasteiger partial charge is 0.326 e. The van der Waals surface area contributed by atoms with Gasteiger partial charge in [0.15, 0.2) is 0 Å². The third kappa shape index (κ3) is 5.60. The number of hydrogen-bond donors (Lipinski definition) is 2. The topological polar surface area (TPSA) is 102 Å². The molecule has 0 bridgehead atoms. The van der Waals surface area contributed by atoms with E-state index in [0.717, 1.165) is 15.7 Å². The minimum atomic E-state index is -0.564. The molecule has 3 aromatic rings. The van der Waals surface area contributed by atoms with Gasteiger partial charge >= 0.3 is 5.69 Å². The van der Waals surface area contributed by atoms with E-state index in [2.05, 4.69) is 10.6 Å². The maximum Gasteiger partial charge on any atom is 0.331 e. The Morgan fingerprint density at radius 1 is 0.969 bits per heavy atom. The Labute approximate surface area is 185 Å². The molecule has 1 aromatic heterocycles. The first-order valence-electron chi connectivity index (χ1n) is 10.3. The number of aryl methyl sites for hydroxylation is 1. The van der Waals surface area contributed by atoms with Gasteiger partial charge in [0.25, 0.3) is 5.56 Å². The summed E-state index contributed by atoms with van der Waals surface area (Å²) in [6.45, 7) is 5.25. The number of carbonyl (C=O) groups is 2. The third-order valence-corrected chi connectivity index (χ3v) is 4.94. The molecule has 0 saturated carbocycles. The van der Waals surface area contributed by atoms with Crippen LogP contribution in [0.25, 0.3) is 0 Å². The molecule has 1 heterocycles. The largest absolute Gasteiger partial charge is 0.331 e. The van der Waals surface area contributed by atoms with E-state index in [9.17, 15) is 19.2 Å². The zero-order chi connectivity index (χ0) is 23.3. The standard InChI is InChI=1S/C24H26N4O4/c1-16(2)23(31)25-19-10-9-17(3)20(13-19)26-21(29)15-28-22(30)11-12-27(24(28)32)14-18-7-5-4-6-8-18/h4-13,16H,14-15H2,1-3H3,(H,25,31)(H,26,29). The van der Waals surface area contributed by atoms with E-state index in [1.165, 1.54) is 16.8 Å². The van der Waals surface area contributed by atoms with E-state index in [1.807, 2.05) is 37.3 Å². The normalized spacial score (nSPS) is 10.8. The van der Waals surface area contributed by atoms with E-state index < -0.39 is 23.7 Å². The van der Waals surface area contributed by atoms with Crippen LogP contribution in [0, 0.1) is 12.8 Å². The molecule has 2 aromatic carbocycles. The predicted molar refractivity (Wildman–Crippen MR) is 124 cm³/mol. The molecule has 2 N–H and O–H groups in total. The van der Waals surface area contributed by atoms with Crippen LogP contribution in [0.4, 0.5) is 11.4 Å². The lowest BCUT2D eigenvalue weighted by Crippen LogP contribution is -2.41. The minimum Gasteiger partial charge on any atom is -0.326 e. The quantitative estimate of drug-likeness (QED) is 0.597. The molecule has 0 radical (unpaired) electrons. The van der Waals surface area contributed by atoms with Crippen LogP contribution in [-0.4, -0.2) is 20.9 Å². The number of hydrogen-bond acceptors (Lipinski definition) is 4. The average Bonchev–Trinajstić information content (AvgIpc) is 2.76. The van der Waals surface area contributed by atoms with Gasteiger partial charge < -0.3 is 10.6 Å². The van der Waals surface area contributed by atoms with Crippen LogP contribution in [0.3, 0.4) is 0 Å². The molecule has 0 aliphatic rings. The van der Waals surface area contributed by atoms with Crippen LogP contribution in [0.1, 0.15) is 25.0 Å². The maximum absolute atomic E-state index is 12.8. The van der Waals surface area contributed by atoms with Crippen molar-refractivity contribution < 1.29 is 9.59 Å². The van der Waals surface area contributed by atoms with Gasteiger partial charge in [0.1, 0.15) is 6.54 Å². The lowest BCUT2D eigenvalue weighted by Gasteiger charge is -2.13. The number of rotatable bonds is 7. The summed E-state index contributed by atoms with van der Waals surface area (Å²) in [7, 11) is 0. The Hall–Kier alpha value is -3.94. The zero-order valence-electron chi connectivity index (χ0n) is 18.3. The molecule has 0 aliphatic heterocycles. The molecule has 166 valence electrons. The monoisotopic (exact) mass is 434 g/mol. The van der Waals surface area contributed by atoms with Gasteiger partial charge in [-0.2, -0.15) is 0 Å². The number of aromatic nitrogens is 2. The number of carbonyl (C=O) groups excluding carboxylic acids is 2. The zero-order valence-corrected chi connectivity index (χ0v) is 18.3. The van der Waals surface area contributed by atoms with E-state index in [0.29, 0.717) is 11.4 Å². The first-order chi connectivity index (χ1) is 15.2. The van der Waals surface area contributed by atoms with Gasteiger partial charge in [0, 0.05) is 29.6 Å². The molecule has 0 unspecified atom stereocenters. The van der Waals surface area contributed by atoms with Gasteiger partial charge in [-0.05, 0) is 30.2 Å². The van der Waals surface area contributed by atoms with Gasteiger partial charge in [-0.25, -0.2) is 4.79 Å². The molecule has 32 heavy (non-hydrogen) atoms. The van der Waals surface area contributed by atoms with Gasteiger partial charge in [-0.15, -0.1) is 0 Å². The number of anilines is 2. The lowest BCUT2D eigenvalue weighted by atomic mass is 10.1. The second kappa shape index (κ2) is 9.91. The number of benzene rings is 2. The molecular weight excluding hydrogens is 408 g/mol. The van der Waals surface area contributed by atoms with Crippen molar-refractivity contribution in [1.82, 2.24) is 9.13 Å². The summed E-state index contributed by atoms with van der Waals surface area (Å²) in [5.41, 5.74) is 1.61. The van der Waals surface area contributed by atoms with Gasteiger partial charge in [0.05, 0.1) is 6.54 Å². The van der Waals surface area contributed by atoms with Crippen LogP contribution in [-0.2, 0) is 22.7 Å². The molecule has 8 heteroatoms. The van der Waals surface area contributed by atoms with E-state index in [1.54, 1.807) is 32.0 Å². The van der Waals surface area contributed by atoms with Crippen molar-refractivity contribution in [2.45, 2.75) is 33.9 Å². The second-order valence-electron chi connectivity index (χ2n) is 7.86. The molecule has 8 nitrogen and oxygen atoms in total. The lowest BCUT2D eigenvalue weighted by molar-refractivity contribution is -0.119. The molecule has 0 spiro atoms. The van der Waals surface area contributed by atoms with Crippen molar-refractivity contribution in [3.8, 4) is 0 Å². The molecule has 0 atom stereocenters. The molecule has 0 saturated heterocycles. The molecule has 3 rings (SSSR count). The fourth-order valence-corrected chi connectivity index (χ4v) is 3.06. The molecule has 0 fully saturated rings. The molecular formula is C24H26N4O4. The van der Waals surface area contributed by atoms with Crippen LogP contribution in [0.5, 0.6) is 0 Å². The number of nitrogens with zero attached hydrogens (tertiary/aromatic N) is 2. The summed E-state index contributed by atoms with van der Waals surface area (Å²) in [5.74, 6) is -0.838. The Kier molecular flexibility index (Phi) is 7.04. The highest BCUT2D eigenvalue weighted by Crippen LogP contribution is 2.21. The SMILES string of the molecule is Cc1ccc(NC(=O)C(C)C)cc1NC(=O)Cn1c(=O)ccn(Cc2ccccc2)c1=O. The van der Waals surface area contributed by atoms with Crippen molar-refractivity contribution >= 4 is 23.2 Å². The van der Waals surface area contributed by atoms with E-state index in [4.69, 9.17) is 0 Å². The predicted octanol–water partition coefficient (Wildman–Crippen LogP) is 2.60. The van der Waals surface area contributed by atoms with Gasteiger partial charge in [0.2, 0.25) is 11.8 Å². The summed E-state index contributed by atoms with van der Waals surface area (Å²) in [5, 5.41) is 5.51. The fraction of sp³-hybridized carbons (Fsp3) is 0.250.